The first-order valence-electron chi connectivity index (χ1n) is 7.00. The van der Waals surface area contributed by atoms with Crippen molar-refractivity contribution in [2.75, 3.05) is 0 Å². The van der Waals surface area contributed by atoms with Gasteiger partial charge in [-0.1, -0.05) is 55.4 Å². The molecule has 0 N–H and O–H groups in total. The summed E-state index contributed by atoms with van der Waals surface area (Å²) >= 11 is 0. The first kappa shape index (κ1) is 12.5. The molecule has 2 aliphatic rings. The summed E-state index contributed by atoms with van der Waals surface area (Å²) in [6, 6.07) is 10.2. The molecule has 2 atom stereocenters. The number of allylic oxidation sites excluding steroid dienone is 2. The lowest BCUT2D eigenvalue weighted by Crippen LogP contribution is -2.08. The van der Waals surface area contributed by atoms with Crippen molar-refractivity contribution in [2.45, 2.75) is 33.8 Å². The number of hydrogen-bond donors (Lipinski definition) is 0. The number of hydrogen-bond acceptors (Lipinski definition) is 2. The minimum atomic E-state index is 0.456. The highest BCUT2D eigenvalue weighted by atomic mass is 16.6. The highest BCUT2D eigenvalue weighted by Gasteiger charge is 2.58. The van der Waals surface area contributed by atoms with Crippen molar-refractivity contribution in [2.24, 2.45) is 22.4 Å². The van der Waals surface area contributed by atoms with E-state index >= 15 is 0 Å². The number of benzene rings is 1. The van der Waals surface area contributed by atoms with Crippen LogP contribution in [0.5, 0.6) is 0 Å². The molecule has 0 bridgehead atoms. The first-order chi connectivity index (χ1) is 9.09. The summed E-state index contributed by atoms with van der Waals surface area (Å²) in [5.74, 6) is 1.51. The Kier molecular flexibility index (Phi) is 2.96. The van der Waals surface area contributed by atoms with Gasteiger partial charge in [0.1, 0.15) is 6.61 Å². The van der Waals surface area contributed by atoms with Crippen LogP contribution in [0.4, 0.5) is 0 Å². The Labute approximate surface area is 115 Å². The van der Waals surface area contributed by atoms with Gasteiger partial charge in [0.2, 0.25) is 0 Å². The molecule has 0 aliphatic heterocycles. The van der Waals surface area contributed by atoms with Gasteiger partial charge in [0.25, 0.3) is 0 Å². The maximum atomic E-state index is 5.51. The van der Waals surface area contributed by atoms with E-state index in [2.05, 4.69) is 44.1 Å². The Hall–Kier alpha value is -1.57. The van der Waals surface area contributed by atoms with E-state index in [1.165, 1.54) is 5.57 Å². The fourth-order valence-corrected chi connectivity index (χ4v) is 3.11. The minimum absolute atomic E-state index is 0.456. The maximum Gasteiger partial charge on any atom is 0.142 e. The molecule has 2 unspecified atom stereocenters. The second-order valence-electron chi connectivity index (χ2n) is 6.30. The van der Waals surface area contributed by atoms with Gasteiger partial charge in [-0.15, -0.1) is 0 Å². The van der Waals surface area contributed by atoms with E-state index in [0.29, 0.717) is 12.0 Å². The van der Waals surface area contributed by atoms with Gasteiger partial charge in [0.05, 0.1) is 5.71 Å². The fourth-order valence-electron chi connectivity index (χ4n) is 3.11. The molecule has 0 amide bonds. The quantitative estimate of drug-likeness (QED) is 0.742. The third-order valence-corrected chi connectivity index (χ3v) is 4.69. The Morgan fingerprint density at radius 2 is 2.00 bits per heavy atom. The Morgan fingerprint density at radius 3 is 2.74 bits per heavy atom. The van der Waals surface area contributed by atoms with Gasteiger partial charge < -0.3 is 4.84 Å². The number of oxime groups is 1. The van der Waals surface area contributed by atoms with Crippen LogP contribution in [-0.4, -0.2) is 5.71 Å². The van der Waals surface area contributed by atoms with Crippen molar-refractivity contribution in [1.29, 1.82) is 0 Å². The fraction of sp³-hybridized carbons (Fsp3) is 0.471. The molecule has 3 rings (SSSR count). The molecule has 1 saturated carbocycles. The van der Waals surface area contributed by atoms with Crippen molar-refractivity contribution in [3.63, 3.8) is 0 Å². The average molecular weight is 255 g/mol. The molecule has 1 aromatic rings. The summed E-state index contributed by atoms with van der Waals surface area (Å²) in [7, 11) is 0. The molecule has 0 aromatic heterocycles. The summed E-state index contributed by atoms with van der Waals surface area (Å²) in [6.45, 7) is 7.39. The third-order valence-electron chi connectivity index (χ3n) is 4.69. The highest BCUT2D eigenvalue weighted by Crippen LogP contribution is 2.63. The smallest absolute Gasteiger partial charge is 0.142 e. The molecular weight excluding hydrogens is 234 g/mol. The van der Waals surface area contributed by atoms with E-state index in [9.17, 15) is 0 Å². The van der Waals surface area contributed by atoms with E-state index in [1.54, 1.807) is 0 Å². The number of nitrogens with zero attached hydrogens (tertiary/aromatic N) is 1. The summed E-state index contributed by atoms with van der Waals surface area (Å²) in [5, 5.41) is 4.35. The molecule has 100 valence electrons. The van der Waals surface area contributed by atoms with Crippen LogP contribution < -0.4 is 0 Å². The molecule has 0 spiro atoms. The van der Waals surface area contributed by atoms with Gasteiger partial charge >= 0.3 is 0 Å². The monoisotopic (exact) mass is 255 g/mol. The number of fused-ring (bicyclic) bond motifs is 1. The van der Waals surface area contributed by atoms with Crippen LogP contribution >= 0.6 is 0 Å². The molecule has 2 heteroatoms. The molecule has 2 aliphatic carbocycles. The van der Waals surface area contributed by atoms with Gasteiger partial charge in [-0.25, -0.2) is 0 Å². The highest BCUT2D eigenvalue weighted by molar-refractivity contribution is 6.01. The summed E-state index contributed by atoms with van der Waals surface area (Å²) < 4.78 is 0. The predicted molar refractivity (Wildman–Crippen MR) is 77.8 cm³/mol. The Morgan fingerprint density at radius 1 is 1.26 bits per heavy atom. The predicted octanol–water partition coefficient (Wildman–Crippen LogP) is 4.18. The van der Waals surface area contributed by atoms with Crippen molar-refractivity contribution >= 4 is 5.71 Å². The van der Waals surface area contributed by atoms with Crippen molar-refractivity contribution in [3.8, 4) is 0 Å². The Bertz CT molecular complexity index is 527. The van der Waals surface area contributed by atoms with Crippen LogP contribution in [0.1, 0.15) is 32.8 Å². The van der Waals surface area contributed by atoms with Crippen LogP contribution in [-0.2, 0) is 11.4 Å². The zero-order valence-electron chi connectivity index (χ0n) is 11.9. The maximum absolute atomic E-state index is 5.51. The molecular formula is C17H21NO. The summed E-state index contributed by atoms with van der Waals surface area (Å²) in [4.78, 5) is 5.51. The van der Waals surface area contributed by atoms with Crippen molar-refractivity contribution < 1.29 is 4.84 Å². The molecule has 0 radical (unpaired) electrons. The molecule has 1 aromatic carbocycles. The lowest BCUT2D eigenvalue weighted by molar-refractivity contribution is 0.129. The van der Waals surface area contributed by atoms with Gasteiger partial charge in [0.15, 0.2) is 0 Å². The zero-order chi connectivity index (χ0) is 13.5. The van der Waals surface area contributed by atoms with Gasteiger partial charge in [-0.2, -0.15) is 0 Å². The van der Waals surface area contributed by atoms with Crippen LogP contribution in [0, 0.1) is 17.3 Å². The van der Waals surface area contributed by atoms with Crippen molar-refractivity contribution in [3.05, 3.63) is 47.5 Å². The van der Waals surface area contributed by atoms with Crippen LogP contribution in [0.15, 0.2) is 47.1 Å². The lowest BCUT2D eigenvalue weighted by Gasteiger charge is -2.11. The molecule has 1 fully saturated rings. The van der Waals surface area contributed by atoms with E-state index in [1.807, 2.05) is 18.2 Å². The lowest BCUT2D eigenvalue weighted by atomic mass is 9.99. The zero-order valence-corrected chi connectivity index (χ0v) is 11.9. The molecule has 0 saturated heterocycles. The normalized spacial score (nSPS) is 29.6. The molecule has 19 heavy (non-hydrogen) atoms. The second kappa shape index (κ2) is 4.52. The second-order valence-corrected chi connectivity index (χ2v) is 6.30. The van der Waals surface area contributed by atoms with Crippen LogP contribution in [0.25, 0.3) is 0 Å². The largest absolute Gasteiger partial charge is 0.391 e. The topological polar surface area (TPSA) is 21.6 Å². The van der Waals surface area contributed by atoms with Crippen molar-refractivity contribution in [1.82, 2.24) is 0 Å². The summed E-state index contributed by atoms with van der Waals surface area (Å²) in [6.07, 6.45) is 3.44. The average Bonchev–Trinajstić information content (AvgIpc) is 2.92. The van der Waals surface area contributed by atoms with E-state index in [4.69, 9.17) is 4.84 Å². The van der Waals surface area contributed by atoms with Gasteiger partial charge in [-0.3, -0.25) is 0 Å². The third kappa shape index (κ3) is 2.32. The molecule has 2 nitrogen and oxygen atoms in total. The minimum Gasteiger partial charge on any atom is -0.391 e. The summed E-state index contributed by atoms with van der Waals surface area (Å²) in [5.41, 5.74) is 4.04. The first-order valence-corrected chi connectivity index (χ1v) is 7.00. The standard InChI is InChI=1S/C17H21NO/c1-12-9-14-15(17(14,2)3)10-16(12)18-19-11-13-7-5-4-6-8-13/h4-9,14-15H,10-11H2,1-3H3/b18-16+. The van der Waals surface area contributed by atoms with E-state index in [-0.39, 0.29) is 0 Å². The van der Waals surface area contributed by atoms with Gasteiger partial charge in [-0.05, 0) is 41.7 Å². The SMILES string of the molecule is CC1=CC2C(C/C1=N\OCc1ccccc1)C2(C)C. The number of rotatable bonds is 3. The van der Waals surface area contributed by atoms with E-state index in [0.717, 1.165) is 29.5 Å². The van der Waals surface area contributed by atoms with E-state index < -0.39 is 0 Å². The van der Waals surface area contributed by atoms with Crippen LogP contribution in [0.2, 0.25) is 0 Å². The van der Waals surface area contributed by atoms with Gasteiger partial charge in [0, 0.05) is 0 Å². The van der Waals surface area contributed by atoms with Crippen LogP contribution in [0.3, 0.4) is 0 Å². The molecule has 0 heterocycles. The Balaban J connectivity index is 1.63.